The molecule has 1 amide bonds. The molecule has 0 aliphatic rings. The van der Waals surface area contributed by atoms with Crippen LogP contribution in [0.1, 0.15) is 39.5 Å². The summed E-state index contributed by atoms with van der Waals surface area (Å²) in [5.74, 6) is 0.431. The molecule has 1 aromatic carbocycles. The van der Waals surface area contributed by atoms with Crippen molar-refractivity contribution in [1.82, 2.24) is 10.1 Å². The van der Waals surface area contributed by atoms with Crippen LogP contribution in [0.25, 0.3) is 11.5 Å². The first-order valence-electron chi connectivity index (χ1n) is 9.96. The zero-order valence-electron chi connectivity index (χ0n) is 18.7. The molecule has 13 heteroatoms. The van der Waals surface area contributed by atoms with Crippen LogP contribution in [0.3, 0.4) is 0 Å². The number of benzene rings is 1. The van der Waals surface area contributed by atoms with Crippen molar-refractivity contribution >= 4 is 27.7 Å². The molecule has 0 saturated heterocycles. The molecule has 34 heavy (non-hydrogen) atoms. The van der Waals surface area contributed by atoms with Crippen LogP contribution in [0.4, 0.5) is 16.3 Å². The summed E-state index contributed by atoms with van der Waals surface area (Å²) >= 11 is 0. The van der Waals surface area contributed by atoms with E-state index in [0.29, 0.717) is 5.69 Å². The lowest BCUT2D eigenvalue weighted by Crippen LogP contribution is -2.27. The zero-order valence-corrected chi connectivity index (χ0v) is 19.5. The molecule has 0 saturated carbocycles. The van der Waals surface area contributed by atoms with Crippen LogP contribution >= 0.6 is 0 Å². The van der Waals surface area contributed by atoms with Gasteiger partial charge in [-0.2, -0.15) is 8.42 Å². The maximum atomic E-state index is 12.5. The molecule has 180 valence electrons. The summed E-state index contributed by atoms with van der Waals surface area (Å²) in [5, 5.41) is 17.1. The second-order valence-electron chi connectivity index (χ2n) is 8.09. The minimum atomic E-state index is -4.22. The second-order valence-corrected chi connectivity index (χ2v) is 9.67. The maximum absolute atomic E-state index is 12.5. The maximum Gasteiger partial charge on any atom is 0.413 e. The fourth-order valence-electron chi connectivity index (χ4n) is 2.68. The number of nitro benzene ring substituents is 1. The summed E-state index contributed by atoms with van der Waals surface area (Å²) in [6.45, 7) is 6.66. The quantitative estimate of drug-likeness (QED) is 0.284. The van der Waals surface area contributed by atoms with E-state index in [2.05, 4.69) is 15.5 Å². The lowest BCUT2D eigenvalue weighted by atomic mass is 10.2. The van der Waals surface area contributed by atoms with Crippen molar-refractivity contribution in [2.75, 3.05) is 5.32 Å². The molecule has 2 heterocycles. The Hall–Kier alpha value is -3.84. The van der Waals surface area contributed by atoms with Crippen molar-refractivity contribution in [2.24, 2.45) is 0 Å². The largest absolute Gasteiger partial charge is 0.444 e. The van der Waals surface area contributed by atoms with Crippen LogP contribution in [0, 0.1) is 10.1 Å². The number of nitro groups is 1. The Morgan fingerprint density at radius 3 is 2.47 bits per heavy atom. The lowest BCUT2D eigenvalue weighted by Gasteiger charge is -2.19. The third-order valence-electron chi connectivity index (χ3n) is 4.18. The Morgan fingerprint density at radius 1 is 1.18 bits per heavy atom. The molecule has 0 radical (unpaired) electrons. The number of aromatic nitrogens is 2. The molecule has 0 aliphatic carbocycles. The molecule has 0 fully saturated rings. The van der Waals surface area contributed by atoms with Gasteiger partial charge in [-0.3, -0.25) is 19.6 Å². The summed E-state index contributed by atoms with van der Waals surface area (Å²) in [6.07, 6.45) is -1.70. The van der Waals surface area contributed by atoms with Crippen LogP contribution in [-0.2, 0) is 19.0 Å². The average molecular weight is 490 g/mol. The van der Waals surface area contributed by atoms with E-state index in [0.717, 1.165) is 24.3 Å². The first kappa shape index (κ1) is 24.8. The van der Waals surface area contributed by atoms with Gasteiger partial charge in [-0.25, -0.2) is 9.78 Å². The fourth-order valence-corrected chi connectivity index (χ4v) is 3.74. The van der Waals surface area contributed by atoms with Gasteiger partial charge in [-0.05, 0) is 52.0 Å². The Balaban J connectivity index is 1.72. The number of carbonyl (C=O) groups excluding carboxylic acids is 1. The molecular formula is C21H22N4O8S. The zero-order chi connectivity index (χ0) is 25.1. The summed E-state index contributed by atoms with van der Waals surface area (Å²) < 4.78 is 40.6. The van der Waals surface area contributed by atoms with Gasteiger partial charge in [0.1, 0.15) is 28.9 Å². The van der Waals surface area contributed by atoms with Crippen LogP contribution in [0.5, 0.6) is 0 Å². The van der Waals surface area contributed by atoms with Crippen LogP contribution in [-0.4, -0.2) is 35.2 Å². The van der Waals surface area contributed by atoms with E-state index < -0.39 is 32.8 Å². The minimum Gasteiger partial charge on any atom is -0.444 e. The van der Waals surface area contributed by atoms with E-state index >= 15 is 0 Å². The van der Waals surface area contributed by atoms with E-state index in [1.807, 2.05) is 0 Å². The van der Waals surface area contributed by atoms with E-state index in [1.165, 1.54) is 13.0 Å². The van der Waals surface area contributed by atoms with Gasteiger partial charge < -0.3 is 9.26 Å². The van der Waals surface area contributed by atoms with Crippen molar-refractivity contribution in [1.29, 1.82) is 0 Å². The molecule has 3 aromatic rings. The topological polar surface area (TPSA) is 164 Å². The van der Waals surface area contributed by atoms with Gasteiger partial charge in [0.2, 0.25) is 0 Å². The van der Waals surface area contributed by atoms with Gasteiger partial charge in [0.05, 0.1) is 9.82 Å². The number of anilines is 1. The Morgan fingerprint density at radius 2 is 1.85 bits per heavy atom. The molecule has 12 nitrogen and oxygen atoms in total. The third kappa shape index (κ3) is 6.36. The van der Waals surface area contributed by atoms with Gasteiger partial charge in [0.15, 0.2) is 5.76 Å². The van der Waals surface area contributed by atoms with E-state index in [9.17, 15) is 23.3 Å². The number of nitrogens with one attached hydrogen (secondary N) is 1. The van der Waals surface area contributed by atoms with Crippen molar-refractivity contribution in [2.45, 2.75) is 44.3 Å². The van der Waals surface area contributed by atoms with Crippen LogP contribution < -0.4 is 5.32 Å². The molecule has 0 spiro atoms. The number of ether oxygens (including phenoxy) is 1. The first-order chi connectivity index (χ1) is 15.8. The summed E-state index contributed by atoms with van der Waals surface area (Å²) in [4.78, 5) is 26.1. The molecular weight excluding hydrogens is 468 g/mol. The summed E-state index contributed by atoms with van der Waals surface area (Å²) in [5.41, 5.74) is -0.415. The first-order valence-corrected chi connectivity index (χ1v) is 11.4. The number of rotatable bonds is 7. The highest BCUT2D eigenvalue weighted by molar-refractivity contribution is 7.86. The number of carbonyl (C=O) groups is 1. The minimum absolute atomic E-state index is 0.174. The molecule has 3 rings (SSSR count). The smallest absolute Gasteiger partial charge is 0.413 e. The normalized spacial score (nSPS) is 12.7. The second kappa shape index (κ2) is 9.57. The number of nitrogens with zero attached hydrogens (tertiary/aromatic N) is 3. The molecule has 1 N–H and O–H groups in total. The SMILES string of the molecule is C[C@@H](OS(=O)(=O)c1ccc([N+](=O)[O-])cc1)c1cc(-c2cccc(NC(=O)OC(C)(C)C)n2)on1. The van der Waals surface area contributed by atoms with Gasteiger partial charge >= 0.3 is 6.09 Å². The number of amides is 1. The number of pyridine rings is 1. The predicted molar refractivity (Wildman–Crippen MR) is 119 cm³/mol. The predicted octanol–water partition coefficient (Wildman–Crippen LogP) is 4.46. The highest BCUT2D eigenvalue weighted by Gasteiger charge is 2.24. The van der Waals surface area contributed by atoms with Crippen molar-refractivity contribution < 1.29 is 31.6 Å². The van der Waals surface area contributed by atoms with Crippen LogP contribution in [0.2, 0.25) is 0 Å². The van der Waals surface area contributed by atoms with Crippen molar-refractivity contribution in [3.63, 3.8) is 0 Å². The average Bonchev–Trinajstić information content (AvgIpc) is 3.23. The van der Waals surface area contributed by atoms with Crippen molar-refractivity contribution in [3.05, 3.63) is 64.3 Å². The Kier molecular flexibility index (Phi) is 6.98. The van der Waals surface area contributed by atoms with E-state index in [1.54, 1.807) is 39.0 Å². The molecule has 0 bridgehead atoms. The van der Waals surface area contributed by atoms with Gasteiger partial charge in [0, 0.05) is 18.2 Å². The summed E-state index contributed by atoms with van der Waals surface area (Å²) in [6, 6.07) is 10.6. The molecule has 1 atom stereocenters. The third-order valence-corrected chi connectivity index (χ3v) is 5.57. The summed E-state index contributed by atoms with van der Waals surface area (Å²) in [7, 11) is -4.22. The highest BCUT2D eigenvalue weighted by atomic mass is 32.2. The lowest BCUT2D eigenvalue weighted by molar-refractivity contribution is -0.384. The van der Waals surface area contributed by atoms with Gasteiger partial charge in [0.25, 0.3) is 15.8 Å². The van der Waals surface area contributed by atoms with E-state index in [4.69, 9.17) is 13.4 Å². The molecule has 0 aliphatic heterocycles. The molecule has 2 aromatic heterocycles. The fraction of sp³-hybridized carbons (Fsp3) is 0.286. The number of hydrogen-bond donors (Lipinski definition) is 1. The van der Waals surface area contributed by atoms with Crippen molar-refractivity contribution in [3.8, 4) is 11.5 Å². The molecule has 0 unspecified atom stereocenters. The highest BCUT2D eigenvalue weighted by Crippen LogP contribution is 2.27. The monoisotopic (exact) mass is 490 g/mol. The number of hydrogen-bond acceptors (Lipinski definition) is 10. The Labute approximate surface area is 195 Å². The van der Waals surface area contributed by atoms with Crippen LogP contribution in [0.15, 0.2) is 57.9 Å². The van der Waals surface area contributed by atoms with Gasteiger partial charge in [-0.1, -0.05) is 11.2 Å². The van der Waals surface area contributed by atoms with E-state index in [-0.39, 0.29) is 27.9 Å². The van der Waals surface area contributed by atoms with Gasteiger partial charge in [-0.15, -0.1) is 0 Å². The standard InChI is InChI=1S/C21H22N4O8S/c1-13(33-34(29,30)15-10-8-14(9-11-15)25(27)28)17-12-18(32-24-17)16-6-5-7-19(22-16)23-20(26)31-21(2,3)4/h5-13H,1-4H3,(H,22,23,26)/t13-/m1/s1. The Bertz CT molecular complexity index is 1300. The number of non-ortho nitro benzene ring substituents is 1.